The van der Waals surface area contributed by atoms with E-state index in [0.717, 1.165) is 16.3 Å². The summed E-state index contributed by atoms with van der Waals surface area (Å²) in [5.74, 6) is -0.418. The maximum absolute atomic E-state index is 11.9. The van der Waals surface area contributed by atoms with Gasteiger partial charge in [-0.1, -0.05) is 42.5 Å². The van der Waals surface area contributed by atoms with Crippen LogP contribution in [0.25, 0.3) is 10.8 Å². The minimum atomic E-state index is -0.753. The van der Waals surface area contributed by atoms with Crippen LogP contribution in [0.4, 0.5) is 4.79 Å². The summed E-state index contributed by atoms with van der Waals surface area (Å²) in [6, 6.07) is 13.6. The third-order valence-corrected chi connectivity index (χ3v) is 3.59. The number of carbonyl (C=O) groups excluding carboxylic acids is 2. The van der Waals surface area contributed by atoms with Gasteiger partial charge in [0.1, 0.15) is 0 Å². The van der Waals surface area contributed by atoms with Crippen molar-refractivity contribution in [2.45, 2.75) is 25.9 Å². The molecule has 5 nitrogen and oxygen atoms in total. The molecule has 5 heteroatoms. The van der Waals surface area contributed by atoms with Gasteiger partial charge >= 0.3 is 6.09 Å². The highest BCUT2D eigenvalue weighted by atomic mass is 16.5. The molecule has 0 radical (unpaired) electrons. The van der Waals surface area contributed by atoms with Crippen LogP contribution in [0, 0.1) is 0 Å². The molecule has 2 N–H and O–H groups in total. The Kier molecular flexibility index (Phi) is 5.12. The molecule has 2 aromatic carbocycles. The number of methoxy groups -OCH3 is 1. The third kappa shape index (κ3) is 3.62. The molecular weight excluding hydrogens is 280 g/mol. The first kappa shape index (κ1) is 16.0. The maximum atomic E-state index is 11.9. The van der Waals surface area contributed by atoms with Crippen molar-refractivity contribution in [3.05, 3.63) is 48.0 Å². The molecule has 0 spiro atoms. The van der Waals surface area contributed by atoms with E-state index < -0.39 is 18.0 Å². The second kappa shape index (κ2) is 7.04. The standard InChI is InChI=1S/C17H20N2O3/c1-11(18-12(2)16(20)19-17(21)22-3)14-10-6-8-13-7-4-5-9-15(13)14/h4-12,18H,1-3H3,(H,19,20,21)/t11-,12+/m0/s1. The van der Waals surface area contributed by atoms with Crippen molar-refractivity contribution in [3.8, 4) is 0 Å². The number of benzene rings is 2. The lowest BCUT2D eigenvalue weighted by Crippen LogP contribution is -2.45. The zero-order valence-corrected chi connectivity index (χ0v) is 12.9. The van der Waals surface area contributed by atoms with Crippen molar-refractivity contribution in [2.24, 2.45) is 0 Å². The van der Waals surface area contributed by atoms with Gasteiger partial charge in [0.15, 0.2) is 0 Å². The first-order valence-electron chi connectivity index (χ1n) is 7.15. The topological polar surface area (TPSA) is 67.4 Å². The van der Waals surface area contributed by atoms with Crippen LogP contribution in [-0.4, -0.2) is 25.2 Å². The van der Waals surface area contributed by atoms with E-state index in [9.17, 15) is 9.59 Å². The fourth-order valence-electron chi connectivity index (χ4n) is 2.43. The minimum absolute atomic E-state index is 0.0375. The summed E-state index contributed by atoms with van der Waals surface area (Å²) in [5.41, 5.74) is 1.11. The number of amides is 2. The summed E-state index contributed by atoms with van der Waals surface area (Å²) in [6.07, 6.45) is -0.753. The summed E-state index contributed by atoms with van der Waals surface area (Å²) >= 11 is 0. The van der Waals surface area contributed by atoms with Gasteiger partial charge < -0.3 is 4.74 Å². The van der Waals surface area contributed by atoms with Crippen LogP contribution < -0.4 is 10.6 Å². The Morgan fingerprint density at radius 2 is 1.73 bits per heavy atom. The lowest BCUT2D eigenvalue weighted by Gasteiger charge is -2.20. The molecule has 0 aliphatic rings. The fraction of sp³-hybridized carbons (Fsp3) is 0.294. The predicted molar refractivity (Wildman–Crippen MR) is 85.5 cm³/mol. The molecule has 0 heterocycles. The average Bonchev–Trinajstić information content (AvgIpc) is 2.53. The number of hydrogen-bond donors (Lipinski definition) is 2. The van der Waals surface area contributed by atoms with Gasteiger partial charge in [0.2, 0.25) is 5.91 Å². The maximum Gasteiger partial charge on any atom is 0.413 e. The quantitative estimate of drug-likeness (QED) is 0.911. The van der Waals surface area contributed by atoms with Crippen molar-refractivity contribution in [3.63, 3.8) is 0 Å². The zero-order chi connectivity index (χ0) is 16.1. The molecular formula is C17H20N2O3. The largest absolute Gasteiger partial charge is 0.453 e. The molecule has 2 rings (SSSR count). The van der Waals surface area contributed by atoms with Crippen LogP contribution in [0.2, 0.25) is 0 Å². The van der Waals surface area contributed by atoms with Crippen molar-refractivity contribution in [2.75, 3.05) is 7.11 Å². The van der Waals surface area contributed by atoms with Crippen LogP contribution >= 0.6 is 0 Å². The molecule has 22 heavy (non-hydrogen) atoms. The Morgan fingerprint density at radius 3 is 2.45 bits per heavy atom. The number of nitrogens with one attached hydrogen (secondary N) is 2. The number of fused-ring (bicyclic) bond motifs is 1. The van der Waals surface area contributed by atoms with Gasteiger partial charge in [0.05, 0.1) is 13.2 Å². The Bertz CT molecular complexity index is 679. The van der Waals surface area contributed by atoms with E-state index in [0.29, 0.717) is 0 Å². The molecule has 0 aromatic heterocycles. The normalized spacial score (nSPS) is 13.4. The van der Waals surface area contributed by atoms with E-state index in [1.807, 2.05) is 31.2 Å². The Hall–Kier alpha value is -2.40. The van der Waals surface area contributed by atoms with E-state index in [1.54, 1.807) is 6.92 Å². The smallest absolute Gasteiger partial charge is 0.413 e. The van der Waals surface area contributed by atoms with Crippen molar-refractivity contribution >= 4 is 22.8 Å². The van der Waals surface area contributed by atoms with Crippen molar-refractivity contribution < 1.29 is 14.3 Å². The molecule has 0 aliphatic carbocycles. The van der Waals surface area contributed by atoms with E-state index in [4.69, 9.17) is 0 Å². The molecule has 0 unspecified atom stereocenters. The monoisotopic (exact) mass is 300 g/mol. The molecule has 0 saturated heterocycles. The summed E-state index contributed by atoms with van der Waals surface area (Å²) in [7, 11) is 1.22. The van der Waals surface area contributed by atoms with Gasteiger partial charge in [-0.25, -0.2) is 4.79 Å². The molecule has 0 saturated carbocycles. The van der Waals surface area contributed by atoms with Crippen LogP contribution in [0.5, 0.6) is 0 Å². The van der Waals surface area contributed by atoms with Gasteiger partial charge in [0, 0.05) is 6.04 Å². The first-order valence-corrected chi connectivity index (χ1v) is 7.15. The van der Waals surface area contributed by atoms with Crippen LogP contribution in [-0.2, 0) is 9.53 Å². The number of hydrogen-bond acceptors (Lipinski definition) is 4. The highest BCUT2D eigenvalue weighted by molar-refractivity contribution is 5.94. The molecule has 2 amide bonds. The second-order valence-electron chi connectivity index (χ2n) is 5.16. The third-order valence-electron chi connectivity index (χ3n) is 3.59. The van der Waals surface area contributed by atoms with Crippen LogP contribution in [0.15, 0.2) is 42.5 Å². The van der Waals surface area contributed by atoms with Crippen molar-refractivity contribution in [1.82, 2.24) is 10.6 Å². The SMILES string of the molecule is COC(=O)NC(=O)[C@@H](C)N[C@@H](C)c1cccc2ccccc12. The van der Waals surface area contributed by atoms with E-state index in [-0.39, 0.29) is 6.04 Å². The fourth-order valence-corrected chi connectivity index (χ4v) is 2.43. The lowest BCUT2D eigenvalue weighted by molar-refractivity contribution is -0.122. The number of ether oxygens (including phenoxy) is 1. The van der Waals surface area contributed by atoms with Crippen molar-refractivity contribution in [1.29, 1.82) is 0 Å². The van der Waals surface area contributed by atoms with Crippen LogP contribution in [0.3, 0.4) is 0 Å². The molecule has 0 bridgehead atoms. The van der Waals surface area contributed by atoms with E-state index in [2.05, 4.69) is 33.6 Å². The summed E-state index contributed by atoms with van der Waals surface area (Å²) in [6.45, 7) is 3.70. The molecule has 116 valence electrons. The van der Waals surface area contributed by atoms with E-state index >= 15 is 0 Å². The first-order chi connectivity index (χ1) is 10.5. The number of rotatable bonds is 4. The number of carbonyl (C=O) groups is 2. The highest BCUT2D eigenvalue weighted by Crippen LogP contribution is 2.24. The van der Waals surface area contributed by atoms with Gasteiger partial charge in [0.25, 0.3) is 0 Å². The zero-order valence-electron chi connectivity index (χ0n) is 12.9. The number of imide groups is 1. The Labute approximate surface area is 129 Å². The molecule has 2 atom stereocenters. The predicted octanol–water partition coefficient (Wildman–Crippen LogP) is 2.76. The summed E-state index contributed by atoms with van der Waals surface area (Å²) in [5, 5.41) is 7.66. The Balaban J connectivity index is 2.12. The molecule has 0 fully saturated rings. The van der Waals surface area contributed by atoms with Crippen LogP contribution in [0.1, 0.15) is 25.5 Å². The van der Waals surface area contributed by atoms with Gasteiger partial charge in [-0.15, -0.1) is 0 Å². The Morgan fingerprint density at radius 1 is 1.05 bits per heavy atom. The van der Waals surface area contributed by atoms with Gasteiger partial charge in [-0.3, -0.25) is 15.4 Å². The molecule has 0 aliphatic heterocycles. The van der Waals surface area contributed by atoms with Gasteiger partial charge in [-0.05, 0) is 30.2 Å². The van der Waals surface area contributed by atoms with E-state index in [1.165, 1.54) is 7.11 Å². The number of alkyl carbamates (subject to hydrolysis) is 1. The average molecular weight is 300 g/mol. The highest BCUT2D eigenvalue weighted by Gasteiger charge is 2.19. The summed E-state index contributed by atoms with van der Waals surface area (Å²) < 4.78 is 4.42. The minimum Gasteiger partial charge on any atom is -0.453 e. The lowest BCUT2D eigenvalue weighted by atomic mass is 9.99. The second-order valence-corrected chi connectivity index (χ2v) is 5.16. The molecule has 2 aromatic rings. The summed E-state index contributed by atoms with van der Waals surface area (Å²) in [4.78, 5) is 22.9. The van der Waals surface area contributed by atoms with Gasteiger partial charge in [-0.2, -0.15) is 0 Å².